The Hall–Kier alpha value is -3.54. The van der Waals surface area contributed by atoms with Gasteiger partial charge in [-0.1, -0.05) is 12.1 Å². The van der Waals surface area contributed by atoms with Gasteiger partial charge in [-0.3, -0.25) is 14.5 Å². The van der Waals surface area contributed by atoms with Crippen molar-refractivity contribution in [2.75, 3.05) is 18.1 Å². The van der Waals surface area contributed by atoms with Gasteiger partial charge in [0.2, 0.25) is 5.91 Å². The summed E-state index contributed by atoms with van der Waals surface area (Å²) in [6.45, 7) is -2.15. The zero-order valence-electron chi connectivity index (χ0n) is 17.0. The van der Waals surface area contributed by atoms with E-state index < -0.39 is 46.4 Å². The Bertz CT molecular complexity index is 1150. The summed E-state index contributed by atoms with van der Waals surface area (Å²) in [6.07, 6.45) is 1.05. The number of sulfone groups is 1. The maximum absolute atomic E-state index is 12.9. The highest BCUT2D eigenvalue weighted by Gasteiger charge is 2.49. The molecule has 1 unspecified atom stereocenters. The molecular weight excluding hydrogens is 448 g/mol. The Balaban J connectivity index is 1.69. The van der Waals surface area contributed by atoms with Crippen LogP contribution in [0.2, 0.25) is 0 Å². The van der Waals surface area contributed by atoms with Gasteiger partial charge in [-0.05, 0) is 48.9 Å². The molecule has 1 fully saturated rings. The second kappa shape index (κ2) is 8.54. The number of nitrogens with zero attached hydrogens (tertiary/aromatic N) is 1. The fourth-order valence-corrected chi connectivity index (χ4v) is 3.77. The van der Waals surface area contributed by atoms with Crippen LogP contribution < -0.4 is 15.4 Å². The predicted molar refractivity (Wildman–Crippen MR) is 109 cm³/mol. The minimum Gasteiger partial charge on any atom is -0.435 e. The number of carbonyl (C=O) groups is 3. The number of halogens is 2. The monoisotopic (exact) mass is 467 g/mol. The molecule has 1 atom stereocenters. The van der Waals surface area contributed by atoms with Gasteiger partial charge >= 0.3 is 12.6 Å². The first-order chi connectivity index (χ1) is 14.9. The van der Waals surface area contributed by atoms with Crippen LogP contribution in [0.15, 0.2) is 53.4 Å². The van der Waals surface area contributed by atoms with E-state index in [2.05, 4.69) is 15.4 Å². The van der Waals surface area contributed by atoms with Gasteiger partial charge < -0.3 is 15.4 Å². The van der Waals surface area contributed by atoms with Crippen LogP contribution in [0.4, 0.5) is 19.3 Å². The number of hydrogen-bond donors (Lipinski definition) is 2. The number of nitrogens with one attached hydrogen (secondary N) is 2. The van der Waals surface area contributed by atoms with Crippen molar-refractivity contribution in [2.24, 2.45) is 0 Å². The highest BCUT2D eigenvalue weighted by atomic mass is 32.2. The molecule has 0 radical (unpaired) electrons. The quantitative estimate of drug-likeness (QED) is 0.602. The van der Waals surface area contributed by atoms with Crippen molar-refractivity contribution in [3.8, 4) is 5.75 Å². The number of urea groups is 1. The molecule has 0 saturated carbocycles. The molecule has 2 N–H and O–H groups in total. The lowest BCUT2D eigenvalue weighted by Crippen LogP contribution is -2.42. The van der Waals surface area contributed by atoms with Crippen molar-refractivity contribution in [3.63, 3.8) is 0 Å². The molecule has 1 saturated heterocycles. The lowest BCUT2D eigenvalue weighted by Gasteiger charge is -2.22. The average Bonchev–Trinajstić information content (AvgIpc) is 2.91. The predicted octanol–water partition coefficient (Wildman–Crippen LogP) is 2.10. The number of rotatable bonds is 7. The van der Waals surface area contributed by atoms with E-state index in [-0.39, 0.29) is 16.3 Å². The molecule has 3 rings (SSSR count). The Morgan fingerprint density at radius 1 is 1.12 bits per heavy atom. The smallest absolute Gasteiger partial charge is 0.387 e. The largest absolute Gasteiger partial charge is 0.435 e. The number of alkyl halides is 2. The number of ether oxygens (including phenoxy) is 1. The summed E-state index contributed by atoms with van der Waals surface area (Å²) >= 11 is 0. The van der Waals surface area contributed by atoms with Crippen LogP contribution in [0.25, 0.3) is 0 Å². The first-order valence-corrected chi connectivity index (χ1v) is 11.1. The van der Waals surface area contributed by atoms with E-state index in [1.807, 2.05) is 0 Å². The number of amides is 4. The number of carbonyl (C=O) groups excluding carboxylic acids is 3. The Labute approximate surface area is 182 Å². The van der Waals surface area contributed by atoms with Gasteiger partial charge in [0.05, 0.1) is 4.90 Å². The van der Waals surface area contributed by atoms with Crippen molar-refractivity contribution in [1.29, 1.82) is 0 Å². The molecule has 170 valence electrons. The maximum Gasteiger partial charge on any atom is 0.387 e. The third kappa shape index (κ3) is 4.85. The topological polar surface area (TPSA) is 122 Å². The van der Waals surface area contributed by atoms with Crippen molar-refractivity contribution in [3.05, 3.63) is 54.1 Å². The van der Waals surface area contributed by atoms with E-state index >= 15 is 0 Å². The summed E-state index contributed by atoms with van der Waals surface area (Å²) in [4.78, 5) is 38.4. The number of benzene rings is 2. The van der Waals surface area contributed by atoms with Crippen LogP contribution in [0.1, 0.15) is 12.5 Å². The van der Waals surface area contributed by atoms with Gasteiger partial charge in [0.25, 0.3) is 5.91 Å². The molecular formula is C20H19F2N3O6S. The molecule has 32 heavy (non-hydrogen) atoms. The lowest BCUT2D eigenvalue weighted by atomic mass is 9.92. The van der Waals surface area contributed by atoms with Gasteiger partial charge in [-0.2, -0.15) is 8.78 Å². The summed E-state index contributed by atoms with van der Waals surface area (Å²) < 4.78 is 51.9. The van der Waals surface area contributed by atoms with Crippen LogP contribution in [0, 0.1) is 0 Å². The van der Waals surface area contributed by atoms with E-state index in [0.29, 0.717) is 5.56 Å². The van der Waals surface area contributed by atoms with Crippen LogP contribution in [0.3, 0.4) is 0 Å². The fraction of sp³-hybridized carbons (Fsp3) is 0.250. The normalized spacial score (nSPS) is 18.6. The zero-order chi connectivity index (χ0) is 23.7. The lowest BCUT2D eigenvalue weighted by molar-refractivity contribution is -0.133. The highest BCUT2D eigenvalue weighted by molar-refractivity contribution is 7.90. The number of anilines is 1. The van der Waals surface area contributed by atoms with Gasteiger partial charge in [0.15, 0.2) is 9.84 Å². The van der Waals surface area contributed by atoms with E-state index in [4.69, 9.17) is 0 Å². The second-order valence-electron chi connectivity index (χ2n) is 7.19. The van der Waals surface area contributed by atoms with Crippen LogP contribution in [-0.2, 0) is 25.0 Å². The summed E-state index contributed by atoms with van der Waals surface area (Å²) in [7, 11) is -3.39. The van der Waals surface area contributed by atoms with Gasteiger partial charge in [-0.15, -0.1) is 0 Å². The summed E-state index contributed by atoms with van der Waals surface area (Å²) in [5.41, 5.74) is -0.902. The highest BCUT2D eigenvalue weighted by Crippen LogP contribution is 2.30. The molecule has 0 spiro atoms. The number of imide groups is 1. The first-order valence-electron chi connectivity index (χ1n) is 9.19. The minimum absolute atomic E-state index is 0.0744. The Kier molecular flexibility index (Phi) is 6.17. The average molecular weight is 467 g/mol. The first kappa shape index (κ1) is 23.1. The Morgan fingerprint density at radius 3 is 2.25 bits per heavy atom. The summed E-state index contributed by atoms with van der Waals surface area (Å²) in [6, 6.07) is 9.80. The second-order valence-corrected chi connectivity index (χ2v) is 9.21. The van der Waals surface area contributed by atoms with Crippen molar-refractivity contribution in [2.45, 2.75) is 24.0 Å². The third-order valence-corrected chi connectivity index (χ3v) is 5.93. The number of hydrogen-bond acceptors (Lipinski definition) is 6. The van der Waals surface area contributed by atoms with E-state index in [1.54, 1.807) is 0 Å². The molecule has 9 nitrogen and oxygen atoms in total. The SMILES string of the molecule is CC1(c2ccc(OC(F)F)cc2)NC(=O)N(CC(=O)Nc2ccc(S(C)(=O)=O)cc2)C1=O. The molecule has 2 aromatic carbocycles. The third-order valence-electron chi connectivity index (χ3n) is 4.80. The molecule has 1 aliphatic rings. The van der Waals surface area contributed by atoms with Gasteiger partial charge in [0, 0.05) is 11.9 Å². The summed E-state index contributed by atoms with van der Waals surface area (Å²) in [5.74, 6) is -1.49. The fourth-order valence-electron chi connectivity index (χ4n) is 3.14. The molecule has 2 aromatic rings. The van der Waals surface area contributed by atoms with E-state index in [0.717, 1.165) is 11.2 Å². The molecule has 0 bridgehead atoms. The minimum atomic E-state index is -3.39. The van der Waals surface area contributed by atoms with Crippen LogP contribution in [-0.4, -0.2) is 50.6 Å². The molecule has 12 heteroatoms. The Morgan fingerprint density at radius 2 is 1.72 bits per heavy atom. The molecule has 0 aromatic heterocycles. The molecule has 1 heterocycles. The standard InChI is InChI=1S/C20H19F2N3O6S/c1-20(12-3-7-14(8-4-12)31-18(21)22)17(27)25(19(28)24-20)11-16(26)23-13-5-9-15(10-6-13)32(2,29)30/h3-10,18H,11H2,1-2H3,(H,23,26)(H,24,28). The van der Waals surface area contributed by atoms with Gasteiger partial charge in [-0.25, -0.2) is 13.2 Å². The summed E-state index contributed by atoms with van der Waals surface area (Å²) in [5, 5.41) is 4.99. The van der Waals surface area contributed by atoms with Gasteiger partial charge in [0.1, 0.15) is 17.8 Å². The zero-order valence-corrected chi connectivity index (χ0v) is 17.8. The molecule has 4 amide bonds. The van der Waals surface area contributed by atoms with Crippen LogP contribution in [0.5, 0.6) is 5.75 Å². The van der Waals surface area contributed by atoms with Crippen LogP contribution >= 0.6 is 0 Å². The van der Waals surface area contributed by atoms with E-state index in [9.17, 15) is 31.6 Å². The van der Waals surface area contributed by atoms with Crippen molar-refractivity contribution < 1.29 is 36.3 Å². The van der Waals surface area contributed by atoms with Crippen molar-refractivity contribution >= 4 is 33.4 Å². The maximum atomic E-state index is 12.9. The van der Waals surface area contributed by atoms with E-state index in [1.165, 1.54) is 55.5 Å². The van der Waals surface area contributed by atoms with Crippen molar-refractivity contribution in [1.82, 2.24) is 10.2 Å². The molecule has 0 aliphatic carbocycles. The molecule has 1 aliphatic heterocycles.